The number of nitrogens with zero attached hydrogens (tertiary/aromatic N) is 3. The number of halogens is 3. The molecule has 102 valence electrons. The fourth-order valence-corrected chi connectivity index (χ4v) is 3.23. The summed E-state index contributed by atoms with van der Waals surface area (Å²) in [6.07, 6.45) is 0. The highest BCUT2D eigenvalue weighted by Crippen LogP contribution is 2.25. The van der Waals surface area contributed by atoms with Crippen molar-refractivity contribution in [2.45, 2.75) is 13.5 Å². The van der Waals surface area contributed by atoms with Gasteiger partial charge in [0.2, 0.25) is 0 Å². The molecular formula is C14H10Br2ClN3. The lowest BCUT2D eigenvalue weighted by Crippen LogP contribution is -2.02. The second kappa shape index (κ2) is 5.47. The molecule has 2 aromatic heterocycles. The lowest BCUT2D eigenvalue weighted by molar-refractivity contribution is 0.783. The van der Waals surface area contributed by atoms with Crippen molar-refractivity contribution in [1.29, 1.82) is 0 Å². The Balaban J connectivity index is 2.08. The van der Waals surface area contributed by atoms with Crippen LogP contribution in [0.1, 0.15) is 11.4 Å². The minimum absolute atomic E-state index is 0.721. The molecule has 20 heavy (non-hydrogen) atoms. The summed E-state index contributed by atoms with van der Waals surface area (Å²) in [5.74, 6) is 0.937. The molecular weight excluding hydrogens is 405 g/mol. The van der Waals surface area contributed by atoms with E-state index in [4.69, 9.17) is 11.6 Å². The summed E-state index contributed by atoms with van der Waals surface area (Å²) in [6, 6.07) is 9.77. The molecule has 0 radical (unpaired) electrons. The molecule has 0 aliphatic carbocycles. The van der Waals surface area contributed by atoms with Gasteiger partial charge in [0, 0.05) is 9.50 Å². The summed E-state index contributed by atoms with van der Waals surface area (Å²) in [5.41, 5.74) is 2.93. The van der Waals surface area contributed by atoms with Crippen molar-refractivity contribution in [1.82, 2.24) is 14.5 Å². The Hall–Kier alpha value is -0.910. The van der Waals surface area contributed by atoms with E-state index in [9.17, 15) is 0 Å². The van der Waals surface area contributed by atoms with Crippen LogP contribution in [0.2, 0.25) is 5.02 Å². The summed E-state index contributed by atoms with van der Waals surface area (Å²) in [7, 11) is 0. The van der Waals surface area contributed by atoms with Gasteiger partial charge in [0.05, 0.1) is 12.1 Å². The molecule has 3 nitrogen and oxygen atoms in total. The second-order valence-electron chi connectivity index (χ2n) is 4.46. The number of aromatic nitrogens is 3. The van der Waals surface area contributed by atoms with Crippen LogP contribution < -0.4 is 0 Å². The van der Waals surface area contributed by atoms with Crippen molar-refractivity contribution in [3.8, 4) is 0 Å². The highest BCUT2D eigenvalue weighted by molar-refractivity contribution is 9.10. The molecule has 3 rings (SSSR count). The molecule has 0 unspecified atom stereocenters. The zero-order valence-corrected chi connectivity index (χ0v) is 14.5. The van der Waals surface area contributed by atoms with Gasteiger partial charge < -0.3 is 4.57 Å². The van der Waals surface area contributed by atoms with E-state index in [2.05, 4.69) is 46.4 Å². The van der Waals surface area contributed by atoms with Gasteiger partial charge in [-0.3, -0.25) is 0 Å². The quantitative estimate of drug-likeness (QED) is 0.554. The van der Waals surface area contributed by atoms with Crippen molar-refractivity contribution in [3.05, 3.63) is 55.8 Å². The molecule has 0 N–H and O–H groups in total. The van der Waals surface area contributed by atoms with E-state index in [-0.39, 0.29) is 0 Å². The Morgan fingerprint density at radius 2 is 1.95 bits per heavy atom. The third kappa shape index (κ3) is 2.62. The van der Waals surface area contributed by atoms with Gasteiger partial charge in [-0.1, -0.05) is 33.6 Å². The number of imidazole rings is 1. The Morgan fingerprint density at radius 1 is 1.15 bits per heavy atom. The Morgan fingerprint density at radius 3 is 2.70 bits per heavy atom. The van der Waals surface area contributed by atoms with Gasteiger partial charge in [-0.2, -0.15) is 0 Å². The Kier molecular flexibility index (Phi) is 3.84. The monoisotopic (exact) mass is 413 g/mol. The highest BCUT2D eigenvalue weighted by Gasteiger charge is 2.11. The number of benzene rings is 1. The minimum atomic E-state index is 0.721. The van der Waals surface area contributed by atoms with Gasteiger partial charge in [-0.15, -0.1) is 0 Å². The Labute approximate surface area is 138 Å². The molecule has 2 heterocycles. The average Bonchev–Trinajstić information content (AvgIpc) is 2.68. The van der Waals surface area contributed by atoms with Gasteiger partial charge in [-0.05, 0) is 52.7 Å². The van der Waals surface area contributed by atoms with E-state index in [0.29, 0.717) is 0 Å². The van der Waals surface area contributed by atoms with Crippen LogP contribution in [0.15, 0.2) is 39.4 Å². The molecule has 0 fully saturated rings. The molecule has 0 saturated heterocycles. The largest absolute Gasteiger partial charge is 0.322 e. The van der Waals surface area contributed by atoms with Gasteiger partial charge in [0.15, 0.2) is 5.65 Å². The van der Waals surface area contributed by atoms with Gasteiger partial charge in [0.25, 0.3) is 0 Å². The molecule has 0 bridgehead atoms. The first kappa shape index (κ1) is 14.0. The molecule has 0 aliphatic heterocycles. The zero-order valence-electron chi connectivity index (χ0n) is 10.6. The van der Waals surface area contributed by atoms with E-state index >= 15 is 0 Å². The van der Waals surface area contributed by atoms with Gasteiger partial charge >= 0.3 is 0 Å². The lowest BCUT2D eigenvalue weighted by Gasteiger charge is -2.09. The topological polar surface area (TPSA) is 30.7 Å². The van der Waals surface area contributed by atoms with E-state index in [1.807, 2.05) is 37.3 Å². The van der Waals surface area contributed by atoms with Gasteiger partial charge in [-0.25, -0.2) is 9.97 Å². The van der Waals surface area contributed by atoms with Crippen molar-refractivity contribution in [2.75, 3.05) is 0 Å². The van der Waals surface area contributed by atoms with E-state index in [0.717, 1.165) is 43.2 Å². The standard InChI is InChI=1S/C14H10Br2ClN3/c1-8-18-14-12(4-5-13(16)19-14)20(8)7-9-2-3-10(17)6-11(9)15/h2-6H,7H2,1H3. The van der Waals surface area contributed by atoms with Gasteiger partial charge in [0.1, 0.15) is 10.4 Å². The molecule has 0 aliphatic rings. The van der Waals surface area contributed by atoms with E-state index < -0.39 is 0 Å². The number of aryl methyl sites for hydroxylation is 1. The average molecular weight is 416 g/mol. The lowest BCUT2D eigenvalue weighted by atomic mass is 10.2. The molecule has 0 atom stereocenters. The Bertz CT molecular complexity index is 798. The van der Waals surface area contributed by atoms with Crippen molar-refractivity contribution in [2.24, 2.45) is 0 Å². The smallest absolute Gasteiger partial charge is 0.178 e. The van der Waals surface area contributed by atoms with Crippen molar-refractivity contribution in [3.63, 3.8) is 0 Å². The first-order chi connectivity index (χ1) is 9.54. The van der Waals surface area contributed by atoms with Crippen LogP contribution in [-0.4, -0.2) is 14.5 Å². The number of hydrogen-bond donors (Lipinski definition) is 0. The summed E-state index contributed by atoms with van der Waals surface area (Å²) in [5, 5.41) is 0.721. The molecule has 6 heteroatoms. The highest BCUT2D eigenvalue weighted by atomic mass is 79.9. The first-order valence-corrected chi connectivity index (χ1v) is 7.94. The normalized spacial score (nSPS) is 11.2. The van der Waals surface area contributed by atoms with Crippen LogP contribution >= 0.6 is 43.5 Å². The van der Waals surface area contributed by atoms with Crippen LogP contribution in [0, 0.1) is 6.92 Å². The maximum atomic E-state index is 5.98. The molecule has 3 aromatic rings. The summed E-state index contributed by atoms with van der Waals surface area (Å²) in [4.78, 5) is 8.89. The van der Waals surface area contributed by atoms with E-state index in [1.165, 1.54) is 0 Å². The van der Waals surface area contributed by atoms with E-state index in [1.54, 1.807) is 0 Å². The maximum absolute atomic E-state index is 5.98. The molecule has 0 spiro atoms. The van der Waals surface area contributed by atoms with Crippen LogP contribution in [0.25, 0.3) is 11.2 Å². The van der Waals surface area contributed by atoms with Crippen LogP contribution in [-0.2, 0) is 6.54 Å². The number of fused-ring (bicyclic) bond motifs is 1. The number of pyridine rings is 1. The maximum Gasteiger partial charge on any atom is 0.178 e. The zero-order chi connectivity index (χ0) is 14.3. The molecule has 1 aromatic carbocycles. The third-order valence-corrected chi connectivity index (χ3v) is 4.53. The number of rotatable bonds is 2. The number of hydrogen-bond acceptors (Lipinski definition) is 2. The van der Waals surface area contributed by atoms with Crippen LogP contribution in [0.4, 0.5) is 0 Å². The first-order valence-electron chi connectivity index (χ1n) is 5.98. The third-order valence-electron chi connectivity index (χ3n) is 3.11. The SMILES string of the molecule is Cc1nc2nc(Br)ccc2n1Cc1ccc(Cl)cc1Br. The van der Waals surface area contributed by atoms with Crippen molar-refractivity contribution >= 4 is 54.6 Å². The molecule has 0 amide bonds. The second-order valence-corrected chi connectivity index (χ2v) is 6.56. The minimum Gasteiger partial charge on any atom is -0.322 e. The van der Waals surface area contributed by atoms with Crippen molar-refractivity contribution < 1.29 is 0 Å². The summed E-state index contributed by atoms with van der Waals surface area (Å²) in [6.45, 7) is 2.71. The summed E-state index contributed by atoms with van der Waals surface area (Å²) >= 11 is 12.9. The fraction of sp³-hybridized carbons (Fsp3) is 0.143. The van der Waals surface area contributed by atoms with Crippen LogP contribution in [0.5, 0.6) is 0 Å². The predicted octanol–water partition coefficient (Wildman–Crippen LogP) is 4.97. The fourth-order valence-electron chi connectivity index (χ4n) is 2.12. The summed E-state index contributed by atoms with van der Waals surface area (Å²) < 4.78 is 3.93. The predicted molar refractivity (Wildman–Crippen MR) is 88.2 cm³/mol. The molecule has 0 saturated carbocycles. The van der Waals surface area contributed by atoms with Crippen LogP contribution in [0.3, 0.4) is 0 Å².